The smallest absolute Gasteiger partial charge is 0.239 e. The largest absolute Gasteiger partial charge is 0.485 e. The lowest BCUT2D eigenvalue weighted by atomic mass is 10.1. The van der Waals surface area contributed by atoms with E-state index in [2.05, 4.69) is 15.9 Å². The average Bonchev–Trinajstić information content (AvgIpc) is 2.25. The standard InChI is InChI=1S/C12H8BrO2/c13-10-4-5-11-9(8-10)2-1-3-12(11)15-7-6-14/h1-5,8H,7H2. The van der Waals surface area contributed by atoms with Crippen LogP contribution in [0.4, 0.5) is 0 Å². The Labute approximate surface area is 96.0 Å². The lowest BCUT2D eigenvalue weighted by Crippen LogP contribution is -1.97. The highest BCUT2D eigenvalue weighted by Crippen LogP contribution is 2.27. The second-order valence-corrected chi connectivity index (χ2v) is 3.97. The molecule has 0 spiro atoms. The van der Waals surface area contributed by atoms with Gasteiger partial charge in [0.15, 0.2) is 6.61 Å². The van der Waals surface area contributed by atoms with Crippen LogP contribution in [0.3, 0.4) is 0 Å². The van der Waals surface area contributed by atoms with E-state index in [1.165, 1.54) is 0 Å². The first-order valence-corrected chi connectivity index (χ1v) is 5.26. The van der Waals surface area contributed by atoms with Crippen molar-refractivity contribution in [3.8, 4) is 5.75 Å². The molecular weight excluding hydrogens is 256 g/mol. The lowest BCUT2D eigenvalue weighted by molar-refractivity contribution is 0.369. The van der Waals surface area contributed by atoms with Gasteiger partial charge in [-0.25, -0.2) is 0 Å². The van der Waals surface area contributed by atoms with E-state index < -0.39 is 0 Å². The van der Waals surface area contributed by atoms with E-state index in [4.69, 9.17) is 4.74 Å². The van der Waals surface area contributed by atoms with E-state index in [0.717, 1.165) is 15.2 Å². The van der Waals surface area contributed by atoms with Crippen LogP contribution in [-0.2, 0) is 4.79 Å². The molecule has 0 atom stereocenters. The van der Waals surface area contributed by atoms with Gasteiger partial charge in [0.05, 0.1) is 0 Å². The summed E-state index contributed by atoms with van der Waals surface area (Å²) in [6, 6.07) is 11.6. The third kappa shape index (κ3) is 2.18. The Bertz CT molecular complexity index is 494. The summed E-state index contributed by atoms with van der Waals surface area (Å²) in [6.45, 7) is -0.0326. The predicted octanol–water partition coefficient (Wildman–Crippen LogP) is 3.09. The van der Waals surface area contributed by atoms with Crippen LogP contribution in [0, 0.1) is 0 Å². The number of rotatable bonds is 3. The Balaban J connectivity index is 2.50. The molecule has 0 fully saturated rings. The van der Waals surface area contributed by atoms with Crippen LogP contribution in [-0.4, -0.2) is 12.9 Å². The van der Waals surface area contributed by atoms with Crippen LogP contribution >= 0.6 is 15.9 Å². The summed E-state index contributed by atoms with van der Waals surface area (Å²) in [5.41, 5.74) is 0. The Morgan fingerprint density at radius 1 is 1.27 bits per heavy atom. The summed E-state index contributed by atoms with van der Waals surface area (Å²) in [7, 11) is 0. The Morgan fingerprint density at radius 3 is 2.93 bits per heavy atom. The van der Waals surface area contributed by atoms with Gasteiger partial charge < -0.3 is 4.74 Å². The van der Waals surface area contributed by atoms with Crippen molar-refractivity contribution in [2.75, 3.05) is 6.61 Å². The van der Waals surface area contributed by atoms with Gasteiger partial charge in [-0.15, -0.1) is 0 Å². The number of hydrogen-bond acceptors (Lipinski definition) is 2. The van der Waals surface area contributed by atoms with Gasteiger partial charge >= 0.3 is 0 Å². The molecule has 2 nitrogen and oxygen atoms in total. The first kappa shape index (κ1) is 10.2. The Kier molecular flexibility index (Phi) is 3.02. The van der Waals surface area contributed by atoms with E-state index in [1.54, 1.807) is 6.29 Å². The van der Waals surface area contributed by atoms with Gasteiger partial charge in [0.25, 0.3) is 0 Å². The molecule has 0 saturated heterocycles. The maximum atomic E-state index is 10.1. The number of carbonyl (C=O) groups excluding carboxylic acids is 1. The fourth-order valence-corrected chi connectivity index (χ4v) is 1.84. The van der Waals surface area contributed by atoms with E-state index in [1.807, 2.05) is 36.4 Å². The topological polar surface area (TPSA) is 26.3 Å². The van der Waals surface area contributed by atoms with Gasteiger partial charge in [-0.05, 0) is 29.7 Å². The Morgan fingerprint density at radius 2 is 2.13 bits per heavy atom. The van der Waals surface area contributed by atoms with Gasteiger partial charge in [0.1, 0.15) is 5.75 Å². The molecule has 0 aromatic heterocycles. The number of fused-ring (bicyclic) bond motifs is 1. The van der Waals surface area contributed by atoms with E-state index in [9.17, 15) is 4.79 Å². The van der Waals surface area contributed by atoms with Gasteiger partial charge in [-0.2, -0.15) is 0 Å². The molecule has 0 aliphatic rings. The van der Waals surface area contributed by atoms with Crippen LogP contribution < -0.4 is 4.74 Å². The van der Waals surface area contributed by atoms with Crippen LogP contribution in [0.5, 0.6) is 5.75 Å². The highest BCUT2D eigenvalue weighted by atomic mass is 79.9. The van der Waals surface area contributed by atoms with Gasteiger partial charge in [-0.1, -0.05) is 28.1 Å². The van der Waals surface area contributed by atoms with Crippen LogP contribution in [0.2, 0.25) is 0 Å². The number of benzene rings is 2. The van der Waals surface area contributed by atoms with Gasteiger partial charge in [-0.3, -0.25) is 4.79 Å². The molecule has 15 heavy (non-hydrogen) atoms. The van der Waals surface area contributed by atoms with Crippen molar-refractivity contribution in [2.45, 2.75) is 0 Å². The van der Waals surface area contributed by atoms with Crippen molar-refractivity contribution in [1.82, 2.24) is 0 Å². The molecule has 0 saturated carbocycles. The van der Waals surface area contributed by atoms with Gasteiger partial charge in [0.2, 0.25) is 6.29 Å². The minimum atomic E-state index is -0.0326. The van der Waals surface area contributed by atoms with Gasteiger partial charge in [0, 0.05) is 9.86 Å². The van der Waals surface area contributed by atoms with Crippen LogP contribution in [0.25, 0.3) is 10.8 Å². The molecule has 0 aliphatic heterocycles. The molecule has 2 aromatic rings. The molecule has 0 heterocycles. The molecule has 75 valence electrons. The van der Waals surface area contributed by atoms with Crippen molar-refractivity contribution in [3.05, 3.63) is 40.9 Å². The fourth-order valence-electron chi connectivity index (χ4n) is 1.46. The van der Waals surface area contributed by atoms with Crippen molar-refractivity contribution in [1.29, 1.82) is 0 Å². The summed E-state index contributed by atoms with van der Waals surface area (Å²) in [5, 5.41) is 2.07. The first-order chi connectivity index (χ1) is 7.31. The average molecular weight is 264 g/mol. The van der Waals surface area contributed by atoms with Crippen molar-refractivity contribution >= 4 is 33.0 Å². The second kappa shape index (κ2) is 4.45. The normalized spacial score (nSPS) is 10.2. The zero-order valence-corrected chi connectivity index (χ0v) is 9.45. The quantitative estimate of drug-likeness (QED) is 0.851. The molecular formula is C12H8BrO2. The summed E-state index contributed by atoms with van der Waals surface area (Å²) < 4.78 is 6.29. The summed E-state index contributed by atoms with van der Waals surface area (Å²) >= 11 is 3.41. The molecule has 0 bridgehead atoms. The minimum absolute atomic E-state index is 0.0326. The van der Waals surface area contributed by atoms with Crippen molar-refractivity contribution < 1.29 is 9.53 Å². The maximum absolute atomic E-state index is 10.1. The SMILES string of the molecule is O=[C]COc1cccc2cc(Br)ccc12. The second-order valence-electron chi connectivity index (χ2n) is 3.05. The van der Waals surface area contributed by atoms with Crippen LogP contribution in [0.15, 0.2) is 40.9 Å². The third-order valence-corrected chi connectivity index (χ3v) is 2.58. The van der Waals surface area contributed by atoms with E-state index in [0.29, 0.717) is 5.75 Å². The first-order valence-electron chi connectivity index (χ1n) is 4.47. The van der Waals surface area contributed by atoms with E-state index >= 15 is 0 Å². The number of hydrogen-bond donors (Lipinski definition) is 0. The molecule has 1 radical (unpaired) electrons. The Hall–Kier alpha value is -1.35. The molecule has 0 N–H and O–H groups in total. The van der Waals surface area contributed by atoms with E-state index in [-0.39, 0.29) is 6.61 Å². The summed E-state index contributed by atoms with van der Waals surface area (Å²) in [5.74, 6) is 0.711. The predicted molar refractivity (Wildman–Crippen MR) is 62.8 cm³/mol. The maximum Gasteiger partial charge on any atom is 0.239 e. The summed E-state index contributed by atoms with van der Waals surface area (Å²) in [6.07, 6.45) is 1.71. The molecule has 2 rings (SSSR count). The fraction of sp³-hybridized carbons (Fsp3) is 0.0833. The van der Waals surface area contributed by atoms with Crippen molar-refractivity contribution in [2.24, 2.45) is 0 Å². The molecule has 0 aliphatic carbocycles. The lowest BCUT2D eigenvalue weighted by Gasteiger charge is -2.06. The minimum Gasteiger partial charge on any atom is -0.485 e. The number of halogens is 1. The van der Waals surface area contributed by atoms with Crippen molar-refractivity contribution in [3.63, 3.8) is 0 Å². The monoisotopic (exact) mass is 263 g/mol. The molecule has 0 amide bonds. The highest BCUT2D eigenvalue weighted by Gasteiger charge is 2.01. The highest BCUT2D eigenvalue weighted by molar-refractivity contribution is 9.10. The molecule has 2 aromatic carbocycles. The molecule has 0 unspecified atom stereocenters. The van der Waals surface area contributed by atoms with Crippen LogP contribution in [0.1, 0.15) is 0 Å². The third-order valence-electron chi connectivity index (χ3n) is 2.09. The molecule has 3 heteroatoms. The zero-order chi connectivity index (χ0) is 10.7. The summed E-state index contributed by atoms with van der Waals surface area (Å²) in [4.78, 5) is 10.1. The number of ether oxygens (including phenoxy) is 1. The zero-order valence-electron chi connectivity index (χ0n) is 7.87.